The minimum Gasteiger partial charge on any atom is -0.481 e. The van der Waals surface area contributed by atoms with Gasteiger partial charge in [0.2, 0.25) is 0 Å². The quantitative estimate of drug-likeness (QED) is 0.617. The summed E-state index contributed by atoms with van der Waals surface area (Å²) in [5.74, 6) is 3.30. The summed E-state index contributed by atoms with van der Waals surface area (Å²) >= 11 is 3.48. The second kappa shape index (κ2) is 7.87. The lowest BCUT2D eigenvalue weighted by molar-refractivity contribution is 0.365. The highest BCUT2D eigenvalue weighted by Crippen LogP contribution is 2.23. The lowest BCUT2D eigenvalue weighted by Gasteiger charge is -2.11. The molecule has 0 saturated carbocycles. The van der Waals surface area contributed by atoms with E-state index in [0.717, 1.165) is 41.0 Å². The molecule has 110 valence electrons. The molecule has 1 aromatic heterocycles. The molecule has 5 heteroatoms. The summed E-state index contributed by atoms with van der Waals surface area (Å²) in [7, 11) is 1.92. The van der Waals surface area contributed by atoms with Gasteiger partial charge in [0.15, 0.2) is 0 Å². The van der Waals surface area contributed by atoms with E-state index < -0.39 is 0 Å². The Morgan fingerprint density at radius 1 is 1.43 bits per heavy atom. The summed E-state index contributed by atoms with van der Waals surface area (Å²) in [6.45, 7) is 1.87. The number of aromatic nitrogens is 2. The van der Waals surface area contributed by atoms with E-state index >= 15 is 0 Å². The van der Waals surface area contributed by atoms with Gasteiger partial charge in [-0.25, -0.2) is 0 Å². The smallest absolute Gasteiger partial charge is 0.148 e. The zero-order chi connectivity index (χ0) is 15.1. The van der Waals surface area contributed by atoms with Crippen LogP contribution in [0, 0.1) is 12.3 Å². The standard InChI is InChI=1S/C16H18BrN3O/c1-3-10-21-16-5-4-14(17)11-13(16)12-18-8-6-15-7-9-20(2)19-15/h1,4-5,7,9,11,18H,6,8,10,12H2,2H3. The molecule has 0 aliphatic rings. The van der Waals surface area contributed by atoms with Crippen LogP contribution in [0.3, 0.4) is 0 Å². The Morgan fingerprint density at radius 3 is 3.00 bits per heavy atom. The van der Waals surface area contributed by atoms with E-state index in [-0.39, 0.29) is 6.61 Å². The number of hydrogen-bond donors (Lipinski definition) is 1. The molecular formula is C16H18BrN3O. The average Bonchev–Trinajstić information content (AvgIpc) is 2.88. The highest BCUT2D eigenvalue weighted by Gasteiger charge is 2.04. The normalized spacial score (nSPS) is 10.3. The first-order chi connectivity index (χ1) is 10.2. The topological polar surface area (TPSA) is 39.1 Å². The fourth-order valence-corrected chi connectivity index (χ4v) is 2.39. The fourth-order valence-electron chi connectivity index (χ4n) is 1.98. The number of benzene rings is 1. The molecule has 2 rings (SSSR count). The molecule has 21 heavy (non-hydrogen) atoms. The maximum Gasteiger partial charge on any atom is 0.148 e. The zero-order valence-corrected chi connectivity index (χ0v) is 13.6. The van der Waals surface area contributed by atoms with Crippen molar-refractivity contribution in [1.82, 2.24) is 15.1 Å². The molecule has 0 spiro atoms. The van der Waals surface area contributed by atoms with Crippen molar-refractivity contribution in [2.24, 2.45) is 7.05 Å². The summed E-state index contributed by atoms with van der Waals surface area (Å²) in [6, 6.07) is 7.95. The summed E-state index contributed by atoms with van der Waals surface area (Å²) in [5, 5.41) is 7.75. The van der Waals surface area contributed by atoms with Crippen LogP contribution in [-0.4, -0.2) is 22.9 Å². The molecule has 0 atom stereocenters. The predicted octanol–water partition coefficient (Wildman–Crippen LogP) is 2.53. The minimum absolute atomic E-state index is 0.280. The summed E-state index contributed by atoms with van der Waals surface area (Å²) in [5.41, 5.74) is 2.17. The molecule has 0 bridgehead atoms. The van der Waals surface area contributed by atoms with Crippen LogP contribution >= 0.6 is 15.9 Å². The van der Waals surface area contributed by atoms with Crippen LogP contribution in [-0.2, 0) is 20.0 Å². The number of hydrogen-bond acceptors (Lipinski definition) is 3. The average molecular weight is 348 g/mol. The summed E-state index contributed by atoms with van der Waals surface area (Å²) in [4.78, 5) is 0. The van der Waals surface area contributed by atoms with E-state index in [4.69, 9.17) is 11.2 Å². The monoisotopic (exact) mass is 347 g/mol. The number of halogens is 1. The minimum atomic E-state index is 0.280. The van der Waals surface area contributed by atoms with Crippen molar-refractivity contribution in [2.75, 3.05) is 13.2 Å². The van der Waals surface area contributed by atoms with Gasteiger partial charge in [0, 0.05) is 42.8 Å². The number of rotatable bonds is 7. The van der Waals surface area contributed by atoms with Crippen LogP contribution in [0.5, 0.6) is 5.75 Å². The highest BCUT2D eigenvalue weighted by molar-refractivity contribution is 9.10. The van der Waals surface area contributed by atoms with Crippen LogP contribution < -0.4 is 10.1 Å². The Morgan fingerprint density at radius 2 is 2.29 bits per heavy atom. The molecule has 0 amide bonds. The molecule has 0 radical (unpaired) electrons. The molecule has 0 unspecified atom stereocenters. The maximum atomic E-state index is 5.55. The Hall–Kier alpha value is -1.77. The van der Waals surface area contributed by atoms with Gasteiger partial charge in [-0.3, -0.25) is 4.68 Å². The predicted molar refractivity (Wildman–Crippen MR) is 87.1 cm³/mol. The molecule has 1 aromatic carbocycles. The van der Waals surface area contributed by atoms with Gasteiger partial charge in [-0.2, -0.15) is 5.10 Å². The van der Waals surface area contributed by atoms with Crippen LogP contribution in [0.4, 0.5) is 0 Å². The van der Waals surface area contributed by atoms with E-state index in [1.54, 1.807) is 0 Å². The lowest BCUT2D eigenvalue weighted by Crippen LogP contribution is -2.17. The van der Waals surface area contributed by atoms with Gasteiger partial charge in [0.05, 0.1) is 5.69 Å². The molecule has 0 fully saturated rings. The van der Waals surface area contributed by atoms with Crippen molar-refractivity contribution in [3.63, 3.8) is 0 Å². The molecule has 0 aliphatic carbocycles. The molecule has 4 nitrogen and oxygen atoms in total. The molecule has 1 heterocycles. The third kappa shape index (κ3) is 4.92. The Balaban J connectivity index is 1.87. The van der Waals surface area contributed by atoms with E-state index in [0.29, 0.717) is 0 Å². The van der Waals surface area contributed by atoms with Gasteiger partial charge >= 0.3 is 0 Å². The Kier molecular flexibility index (Phi) is 5.85. The number of terminal acetylenes is 1. The fraction of sp³-hybridized carbons (Fsp3) is 0.312. The first-order valence-electron chi connectivity index (χ1n) is 6.73. The third-order valence-electron chi connectivity index (χ3n) is 2.98. The lowest BCUT2D eigenvalue weighted by atomic mass is 10.2. The van der Waals surface area contributed by atoms with E-state index in [2.05, 4.69) is 32.3 Å². The van der Waals surface area contributed by atoms with Gasteiger partial charge < -0.3 is 10.1 Å². The molecule has 0 aliphatic heterocycles. The maximum absolute atomic E-state index is 5.55. The number of ether oxygens (including phenoxy) is 1. The third-order valence-corrected chi connectivity index (χ3v) is 3.47. The van der Waals surface area contributed by atoms with Gasteiger partial charge in [-0.15, -0.1) is 6.42 Å². The van der Waals surface area contributed by atoms with Gasteiger partial charge in [0.25, 0.3) is 0 Å². The van der Waals surface area contributed by atoms with Gasteiger partial charge in [-0.1, -0.05) is 21.9 Å². The number of aryl methyl sites for hydroxylation is 1. The van der Waals surface area contributed by atoms with Crippen LogP contribution in [0.1, 0.15) is 11.3 Å². The SMILES string of the molecule is C#CCOc1ccc(Br)cc1CNCCc1ccn(C)n1. The van der Waals surface area contributed by atoms with Crippen molar-refractivity contribution in [3.05, 3.63) is 46.2 Å². The first-order valence-corrected chi connectivity index (χ1v) is 7.52. The molecule has 0 saturated heterocycles. The number of nitrogens with zero attached hydrogens (tertiary/aromatic N) is 2. The van der Waals surface area contributed by atoms with Crippen molar-refractivity contribution in [1.29, 1.82) is 0 Å². The van der Waals surface area contributed by atoms with Crippen molar-refractivity contribution < 1.29 is 4.74 Å². The Labute approximate surface area is 133 Å². The van der Waals surface area contributed by atoms with Crippen molar-refractivity contribution >= 4 is 15.9 Å². The van der Waals surface area contributed by atoms with Crippen LogP contribution in [0.2, 0.25) is 0 Å². The molecule has 1 N–H and O–H groups in total. The second-order valence-electron chi connectivity index (χ2n) is 4.65. The van der Waals surface area contributed by atoms with Crippen molar-refractivity contribution in [3.8, 4) is 18.1 Å². The van der Waals surface area contributed by atoms with Crippen molar-refractivity contribution in [2.45, 2.75) is 13.0 Å². The van der Waals surface area contributed by atoms with Gasteiger partial charge in [0.1, 0.15) is 12.4 Å². The molecular weight excluding hydrogens is 330 g/mol. The molecule has 2 aromatic rings. The largest absolute Gasteiger partial charge is 0.481 e. The first kappa shape index (κ1) is 15.6. The number of nitrogens with one attached hydrogen (secondary N) is 1. The highest BCUT2D eigenvalue weighted by atomic mass is 79.9. The van der Waals surface area contributed by atoms with Crippen LogP contribution in [0.15, 0.2) is 34.9 Å². The van der Waals surface area contributed by atoms with Gasteiger partial charge in [-0.05, 0) is 24.3 Å². The van der Waals surface area contributed by atoms with E-state index in [1.165, 1.54) is 0 Å². The van der Waals surface area contributed by atoms with Crippen LogP contribution in [0.25, 0.3) is 0 Å². The van der Waals surface area contributed by atoms with E-state index in [9.17, 15) is 0 Å². The van der Waals surface area contributed by atoms with E-state index in [1.807, 2.05) is 42.2 Å². The zero-order valence-electron chi connectivity index (χ0n) is 12.0. The summed E-state index contributed by atoms with van der Waals surface area (Å²) < 4.78 is 8.39. The Bertz CT molecular complexity index is 631. The summed E-state index contributed by atoms with van der Waals surface area (Å²) in [6.07, 6.45) is 8.09. The second-order valence-corrected chi connectivity index (χ2v) is 5.57.